The molecule has 0 aromatic rings. The van der Waals surface area contributed by atoms with Crippen LogP contribution in [0.4, 0.5) is 0 Å². The van der Waals surface area contributed by atoms with Gasteiger partial charge in [-0.15, -0.1) is 0 Å². The molecule has 1 rings (SSSR count). The Balaban J connectivity index is 2.07. The van der Waals surface area contributed by atoms with E-state index in [1.165, 1.54) is 12.8 Å². The number of methoxy groups -OCH3 is 1. The minimum Gasteiger partial charge on any atom is -0.385 e. The van der Waals surface area contributed by atoms with Crippen LogP contribution >= 0.6 is 0 Å². The standard InChI is InChI=1S/C15H32N2O2/c1-13(2)10-16-11-14-6-7-15(19-14)12-17(3)8-5-9-18-4/h13-16H,5-12H2,1-4H3. The predicted octanol–water partition coefficient (Wildman–Crippen LogP) is 1.75. The topological polar surface area (TPSA) is 33.7 Å². The molecule has 0 bridgehead atoms. The number of nitrogens with one attached hydrogen (secondary N) is 1. The molecule has 0 amide bonds. The molecule has 19 heavy (non-hydrogen) atoms. The quantitative estimate of drug-likeness (QED) is 0.614. The maximum atomic E-state index is 6.08. The van der Waals surface area contributed by atoms with Gasteiger partial charge in [-0.3, -0.25) is 0 Å². The van der Waals surface area contributed by atoms with E-state index < -0.39 is 0 Å². The molecule has 0 spiro atoms. The SMILES string of the molecule is COCCCN(C)CC1CCC(CNCC(C)C)O1. The van der Waals surface area contributed by atoms with Gasteiger partial charge in [-0.2, -0.15) is 0 Å². The molecule has 1 aliphatic rings. The van der Waals surface area contributed by atoms with Gasteiger partial charge in [-0.25, -0.2) is 0 Å². The Labute approximate surface area is 118 Å². The average Bonchev–Trinajstić information content (AvgIpc) is 2.76. The van der Waals surface area contributed by atoms with Crippen molar-refractivity contribution in [2.75, 3.05) is 46.9 Å². The predicted molar refractivity (Wildman–Crippen MR) is 79.6 cm³/mol. The summed E-state index contributed by atoms with van der Waals surface area (Å²) in [5.74, 6) is 0.712. The Bertz CT molecular complexity index is 224. The number of rotatable bonds is 10. The molecule has 1 heterocycles. The molecule has 4 nitrogen and oxygen atoms in total. The van der Waals surface area contributed by atoms with Crippen LogP contribution in [0.25, 0.3) is 0 Å². The van der Waals surface area contributed by atoms with Gasteiger partial charge in [0.25, 0.3) is 0 Å². The van der Waals surface area contributed by atoms with Crippen molar-refractivity contribution in [3.8, 4) is 0 Å². The molecular weight excluding hydrogens is 240 g/mol. The Hall–Kier alpha value is -0.160. The molecule has 1 aliphatic heterocycles. The molecule has 0 saturated carbocycles. The van der Waals surface area contributed by atoms with Crippen LogP contribution in [0.1, 0.15) is 33.1 Å². The first-order valence-electron chi connectivity index (χ1n) is 7.65. The van der Waals surface area contributed by atoms with Gasteiger partial charge in [0.1, 0.15) is 0 Å². The second kappa shape index (κ2) is 9.70. The summed E-state index contributed by atoms with van der Waals surface area (Å²) >= 11 is 0. The molecule has 1 saturated heterocycles. The molecule has 2 atom stereocenters. The van der Waals surface area contributed by atoms with E-state index in [0.29, 0.717) is 18.1 Å². The smallest absolute Gasteiger partial charge is 0.0707 e. The van der Waals surface area contributed by atoms with Crippen molar-refractivity contribution in [2.24, 2.45) is 5.92 Å². The summed E-state index contributed by atoms with van der Waals surface area (Å²) in [6, 6.07) is 0. The third-order valence-electron chi connectivity index (χ3n) is 3.52. The Morgan fingerprint density at radius 3 is 2.74 bits per heavy atom. The van der Waals surface area contributed by atoms with Crippen molar-refractivity contribution in [2.45, 2.75) is 45.3 Å². The number of likely N-dealkylation sites (N-methyl/N-ethyl adjacent to an activating group) is 1. The van der Waals surface area contributed by atoms with E-state index in [0.717, 1.165) is 39.2 Å². The zero-order valence-corrected chi connectivity index (χ0v) is 13.2. The van der Waals surface area contributed by atoms with Crippen LogP contribution in [0, 0.1) is 5.92 Å². The van der Waals surface area contributed by atoms with Crippen LogP contribution < -0.4 is 5.32 Å². The highest BCUT2D eigenvalue weighted by molar-refractivity contribution is 4.77. The molecule has 2 unspecified atom stereocenters. The van der Waals surface area contributed by atoms with Gasteiger partial charge in [0.15, 0.2) is 0 Å². The van der Waals surface area contributed by atoms with Crippen LogP contribution in [0.15, 0.2) is 0 Å². The first kappa shape index (κ1) is 16.9. The molecule has 0 aliphatic carbocycles. The molecule has 0 aromatic heterocycles. The summed E-state index contributed by atoms with van der Waals surface area (Å²) in [5.41, 5.74) is 0. The molecule has 0 radical (unpaired) electrons. The summed E-state index contributed by atoms with van der Waals surface area (Å²) in [5, 5.41) is 3.49. The van der Waals surface area contributed by atoms with E-state index in [2.05, 4.69) is 31.1 Å². The van der Waals surface area contributed by atoms with E-state index >= 15 is 0 Å². The van der Waals surface area contributed by atoms with E-state index in [4.69, 9.17) is 9.47 Å². The fourth-order valence-corrected chi connectivity index (χ4v) is 2.52. The Morgan fingerprint density at radius 2 is 2.05 bits per heavy atom. The molecule has 1 N–H and O–H groups in total. The first-order valence-corrected chi connectivity index (χ1v) is 7.65. The molecule has 0 aromatic carbocycles. The maximum absolute atomic E-state index is 6.08. The maximum Gasteiger partial charge on any atom is 0.0707 e. The highest BCUT2D eigenvalue weighted by Gasteiger charge is 2.25. The zero-order chi connectivity index (χ0) is 14.1. The Morgan fingerprint density at radius 1 is 1.32 bits per heavy atom. The summed E-state index contributed by atoms with van der Waals surface area (Å²) in [4.78, 5) is 2.35. The van der Waals surface area contributed by atoms with Crippen molar-refractivity contribution < 1.29 is 9.47 Å². The van der Waals surface area contributed by atoms with Crippen molar-refractivity contribution in [3.63, 3.8) is 0 Å². The lowest BCUT2D eigenvalue weighted by Gasteiger charge is -2.21. The highest BCUT2D eigenvalue weighted by atomic mass is 16.5. The van der Waals surface area contributed by atoms with Crippen molar-refractivity contribution >= 4 is 0 Å². The molecular formula is C15H32N2O2. The second-order valence-electron chi connectivity index (χ2n) is 6.12. The number of nitrogens with zero attached hydrogens (tertiary/aromatic N) is 1. The van der Waals surface area contributed by atoms with E-state index in [9.17, 15) is 0 Å². The van der Waals surface area contributed by atoms with Gasteiger partial charge in [0.2, 0.25) is 0 Å². The van der Waals surface area contributed by atoms with Gasteiger partial charge >= 0.3 is 0 Å². The fourth-order valence-electron chi connectivity index (χ4n) is 2.52. The number of hydrogen-bond donors (Lipinski definition) is 1. The third-order valence-corrected chi connectivity index (χ3v) is 3.52. The van der Waals surface area contributed by atoms with Crippen LogP contribution in [-0.4, -0.2) is 64.1 Å². The lowest BCUT2D eigenvalue weighted by molar-refractivity contribution is 0.0265. The lowest BCUT2D eigenvalue weighted by Crippen LogP contribution is -2.33. The summed E-state index contributed by atoms with van der Waals surface area (Å²) < 4.78 is 11.2. The number of hydrogen-bond acceptors (Lipinski definition) is 4. The molecule has 1 fully saturated rings. The monoisotopic (exact) mass is 272 g/mol. The van der Waals surface area contributed by atoms with Gasteiger partial charge in [0.05, 0.1) is 12.2 Å². The van der Waals surface area contributed by atoms with Gasteiger partial charge < -0.3 is 19.7 Å². The number of ether oxygens (including phenoxy) is 2. The van der Waals surface area contributed by atoms with Crippen LogP contribution in [0.5, 0.6) is 0 Å². The average molecular weight is 272 g/mol. The minimum atomic E-state index is 0.413. The normalized spacial score (nSPS) is 23.7. The van der Waals surface area contributed by atoms with Crippen LogP contribution in [0.3, 0.4) is 0 Å². The van der Waals surface area contributed by atoms with Crippen molar-refractivity contribution in [1.82, 2.24) is 10.2 Å². The minimum absolute atomic E-state index is 0.413. The van der Waals surface area contributed by atoms with Gasteiger partial charge in [0, 0.05) is 33.4 Å². The van der Waals surface area contributed by atoms with Crippen LogP contribution in [-0.2, 0) is 9.47 Å². The third kappa shape index (κ3) is 7.88. The molecule has 4 heteroatoms. The lowest BCUT2D eigenvalue weighted by atomic mass is 10.1. The van der Waals surface area contributed by atoms with E-state index in [1.54, 1.807) is 7.11 Å². The summed E-state index contributed by atoms with van der Waals surface area (Å²) in [7, 11) is 3.93. The second-order valence-corrected chi connectivity index (χ2v) is 6.12. The highest BCUT2D eigenvalue weighted by Crippen LogP contribution is 2.19. The largest absolute Gasteiger partial charge is 0.385 e. The zero-order valence-electron chi connectivity index (χ0n) is 13.2. The summed E-state index contributed by atoms with van der Waals surface area (Å²) in [6.45, 7) is 9.54. The van der Waals surface area contributed by atoms with Crippen LogP contribution in [0.2, 0.25) is 0 Å². The Kier molecular flexibility index (Phi) is 8.62. The van der Waals surface area contributed by atoms with Gasteiger partial charge in [-0.05, 0) is 38.8 Å². The molecule has 114 valence electrons. The van der Waals surface area contributed by atoms with E-state index in [-0.39, 0.29) is 0 Å². The van der Waals surface area contributed by atoms with Crippen molar-refractivity contribution in [3.05, 3.63) is 0 Å². The summed E-state index contributed by atoms with van der Waals surface area (Å²) in [6.07, 6.45) is 4.32. The van der Waals surface area contributed by atoms with Gasteiger partial charge in [-0.1, -0.05) is 13.8 Å². The first-order chi connectivity index (χ1) is 9.11. The van der Waals surface area contributed by atoms with Crippen molar-refractivity contribution in [1.29, 1.82) is 0 Å². The fraction of sp³-hybridized carbons (Fsp3) is 1.00. The van der Waals surface area contributed by atoms with E-state index in [1.807, 2.05) is 0 Å².